The molecule has 0 N–H and O–H groups in total. The van der Waals surface area contributed by atoms with Crippen LogP contribution in [0.1, 0.15) is 15.9 Å². The number of rotatable bonds is 5. The summed E-state index contributed by atoms with van der Waals surface area (Å²) >= 11 is 0. The van der Waals surface area contributed by atoms with Crippen LogP contribution in [-0.2, 0) is 0 Å². The molecule has 0 aromatic heterocycles. The van der Waals surface area contributed by atoms with E-state index in [1.54, 1.807) is 43.5 Å². The van der Waals surface area contributed by atoms with Crippen LogP contribution < -0.4 is 4.74 Å². The average Bonchev–Trinajstić information content (AvgIpc) is 2.52. The number of carbonyl (C=O) groups is 1. The SMILES string of the molecule is COc1ccc(C(=O)/C=C/C=C/c2ccccc2)cc1. The van der Waals surface area contributed by atoms with Crippen molar-refractivity contribution in [2.45, 2.75) is 0 Å². The highest BCUT2D eigenvalue weighted by atomic mass is 16.5. The first-order valence-corrected chi connectivity index (χ1v) is 6.38. The molecule has 2 aromatic carbocycles. The quantitative estimate of drug-likeness (QED) is 0.461. The van der Waals surface area contributed by atoms with E-state index in [0.717, 1.165) is 11.3 Å². The molecule has 0 heterocycles. The van der Waals surface area contributed by atoms with Crippen molar-refractivity contribution in [1.29, 1.82) is 0 Å². The monoisotopic (exact) mass is 264 g/mol. The van der Waals surface area contributed by atoms with Crippen LogP contribution in [0.2, 0.25) is 0 Å². The second-order valence-electron chi connectivity index (χ2n) is 4.22. The Kier molecular flexibility index (Phi) is 4.90. The molecule has 0 bridgehead atoms. The molecular weight excluding hydrogens is 248 g/mol. The Labute approximate surface area is 119 Å². The van der Waals surface area contributed by atoms with E-state index < -0.39 is 0 Å². The third-order valence-corrected chi connectivity index (χ3v) is 2.82. The molecule has 0 aliphatic carbocycles. The van der Waals surface area contributed by atoms with Crippen LogP contribution >= 0.6 is 0 Å². The fraction of sp³-hybridized carbons (Fsp3) is 0.0556. The third kappa shape index (κ3) is 3.95. The number of hydrogen-bond donors (Lipinski definition) is 0. The number of ether oxygens (including phenoxy) is 1. The molecule has 0 radical (unpaired) electrons. The lowest BCUT2D eigenvalue weighted by molar-refractivity contribution is 0.104. The smallest absolute Gasteiger partial charge is 0.185 e. The van der Waals surface area contributed by atoms with Crippen molar-refractivity contribution in [3.63, 3.8) is 0 Å². The van der Waals surface area contributed by atoms with E-state index in [0.29, 0.717) is 5.56 Å². The van der Waals surface area contributed by atoms with Crippen LogP contribution in [-0.4, -0.2) is 12.9 Å². The van der Waals surface area contributed by atoms with E-state index in [4.69, 9.17) is 4.74 Å². The standard InChI is InChI=1S/C18H16O2/c1-20-17-13-11-16(12-14-17)18(19)10-6-5-9-15-7-3-2-4-8-15/h2-14H,1H3/b9-5+,10-6+. The molecule has 0 spiro atoms. The van der Waals surface area contributed by atoms with Gasteiger partial charge in [0.2, 0.25) is 0 Å². The highest BCUT2D eigenvalue weighted by Gasteiger charge is 2.00. The van der Waals surface area contributed by atoms with Crippen LogP contribution in [0.5, 0.6) is 5.75 Å². The molecule has 2 heteroatoms. The first-order chi connectivity index (χ1) is 9.79. The number of allylic oxidation sites excluding steroid dienone is 3. The first kappa shape index (κ1) is 13.8. The lowest BCUT2D eigenvalue weighted by Gasteiger charge is -1.99. The van der Waals surface area contributed by atoms with Gasteiger partial charge in [0.05, 0.1) is 7.11 Å². The fourth-order valence-corrected chi connectivity index (χ4v) is 1.73. The Bertz CT molecular complexity index is 608. The van der Waals surface area contributed by atoms with Crippen LogP contribution in [0.15, 0.2) is 72.8 Å². The van der Waals surface area contributed by atoms with Gasteiger partial charge in [0.25, 0.3) is 0 Å². The molecule has 0 saturated carbocycles. The summed E-state index contributed by atoms with van der Waals surface area (Å²) in [7, 11) is 1.60. The number of ketones is 1. The zero-order valence-electron chi connectivity index (χ0n) is 11.3. The topological polar surface area (TPSA) is 26.3 Å². The van der Waals surface area contributed by atoms with Gasteiger partial charge < -0.3 is 4.74 Å². The summed E-state index contributed by atoms with van der Waals surface area (Å²) in [5, 5.41) is 0. The van der Waals surface area contributed by atoms with Crippen molar-refractivity contribution in [2.24, 2.45) is 0 Å². The molecule has 2 rings (SSSR count). The molecular formula is C18H16O2. The van der Waals surface area contributed by atoms with E-state index in [1.165, 1.54) is 0 Å². The van der Waals surface area contributed by atoms with Crippen molar-refractivity contribution in [3.8, 4) is 5.75 Å². The number of benzene rings is 2. The summed E-state index contributed by atoms with van der Waals surface area (Å²) in [4.78, 5) is 11.9. The van der Waals surface area contributed by atoms with Gasteiger partial charge in [-0.3, -0.25) is 4.79 Å². The molecule has 0 amide bonds. The second-order valence-corrected chi connectivity index (χ2v) is 4.22. The zero-order valence-corrected chi connectivity index (χ0v) is 11.3. The van der Waals surface area contributed by atoms with Crippen LogP contribution in [0.4, 0.5) is 0 Å². The molecule has 2 nitrogen and oxygen atoms in total. The Morgan fingerprint density at radius 3 is 2.30 bits per heavy atom. The molecule has 0 atom stereocenters. The maximum atomic E-state index is 11.9. The van der Waals surface area contributed by atoms with E-state index in [2.05, 4.69) is 0 Å². The minimum absolute atomic E-state index is 0.0228. The molecule has 20 heavy (non-hydrogen) atoms. The summed E-state index contributed by atoms with van der Waals surface area (Å²) in [6.07, 6.45) is 7.12. The van der Waals surface area contributed by atoms with Gasteiger partial charge in [0, 0.05) is 5.56 Å². The van der Waals surface area contributed by atoms with Gasteiger partial charge in [-0.15, -0.1) is 0 Å². The van der Waals surface area contributed by atoms with E-state index in [1.807, 2.05) is 42.5 Å². The number of methoxy groups -OCH3 is 1. The number of carbonyl (C=O) groups excluding carboxylic acids is 1. The molecule has 0 fully saturated rings. The Hall–Kier alpha value is -2.61. The minimum Gasteiger partial charge on any atom is -0.497 e. The maximum Gasteiger partial charge on any atom is 0.185 e. The molecule has 100 valence electrons. The van der Waals surface area contributed by atoms with Crippen molar-refractivity contribution in [3.05, 3.63) is 84.0 Å². The third-order valence-electron chi connectivity index (χ3n) is 2.82. The summed E-state index contributed by atoms with van der Waals surface area (Å²) in [6, 6.07) is 17.0. The van der Waals surface area contributed by atoms with Crippen molar-refractivity contribution in [1.82, 2.24) is 0 Å². The van der Waals surface area contributed by atoms with E-state index in [9.17, 15) is 4.79 Å². The van der Waals surface area contributed by atoms with Gasteiger partial charge in [0.15, 0.2) is 5.78 Å². The van der Waals surface area contributed by atoms with Crippen molar-refractivity contribution >= 4 is 11.9 Å². The molecule has 2 aromatic rings. The van der Waals surface area contributed by atoms with Crippen LogP contribution in [0.3, 0.4) is 0 Å². The lowest BCUT2D eigenvalue weighted by Crippen LogP contribution is -1.93. The maximum absolute atomic E-state index is 11.9. The summed E-state index contributed by atoms with van der Waals surface area (Å²) in [6.45, 7) is 0. The predicted molar refractivity (Wildman–Crippen MR) is 81.9 cm³/mol. The van der Waals surface area contributed by atoms with E-state index >= 15 is 0 Å². The highest BCUT2D eigenvalue weighted by Crippen LogP contribution is 2.12. The average molecular weight is 264 g/mol. The molecule has 0 aliphatic rings. The van der Waals surface area contributed by atoms with Gasteiger partial charge in [-0.2, -0.15) is 0 Å². The second kappa shape index (κ2) is 7.10. The Balaban J connectivity index is 1.96. The highest BCUT2D eigenvalue weighted by molar-refractivity contribution is 6.04. The molecule has 0 unspecified atom stereocenters. The van der Waals surface area contributed by atoms with E-state index in [-0.39, 0.29) is 5.78 Å². The Morgan fingerprint density at radius 2 is 1.65 bits per heavy atom. The zero-order chi connectivity index (χ0) is 14.2. The van der Waals surface area contributed by atoms with Gasteiger partial charge in [0.1, 0.15) is 5.75 Å². The summed E-state index contributed by atoms with van der Waals surface area (Å²) in [5.41, 5.74) is 1.75. The van der Waals surface area contributed by atoms with Crippen LogP contribution in [0.25, 0.3) is 6.08 Å². The molecule has 0 aliphatic heterocycles. The predicted octanol–water partition coefficient (Wildman–Crippen LogP) is 4.15. The minimum atomic E-state index is -0.0228. The van der Waals surface area contributed by atoms with Gasteiger partial charge in [-0.1, -0.05) is 48.6 Å². The van der Waals surface area contributed by atoms with Crippen LogP contribution in [0, 0.1) is 0 Å². The van der Waals surface area contributed by atoms with Crippen molar-refractivity contribution in [2.75, 3.05) is 7.11 Å². The normalized spacial score (nSPS) is 11.1. The Morgan fingerprint density at radius 1 is 0.950 bits per heavy atom. The molecule has 0 saturated heterocycles. The number of hydrogen-bond acceptors (Lipinski definition) is 2. The fourth-order valence-electron chi connectivity index (χ4n) is 1.73. The summed E-state index contributed by atoms with van der Waals surface area (Å²) < 4.78 is 5.06. The van der Waals surface area contributed by atoms with Gasteiger partial charge >= 0.3 is 0 Å². The lowest BCUT2D eigenvalue weighted by atomic mass is 10.1. The van der Waals surface area contributed by atoms with Gasteiger partial charge in [-0.25, -0.2) is 0 Å². The summed E-state index contributed by atoms with van der Waals surface area (Å²) in [5.74, 6) is 0.722. The first-order valence-electron chi connectivity index (χ1n) is 6.38. The largest absolute Gasteiger partial charge is 0.497 e. The van der Waals surface area contributed by atoms with Gasteiger partial charge in [-0.05, 0) is 35.9 Å². The van der Waals surface area contributed by atoms with Crippen molar-refractivity contribution < 1.29 is 9.53 Å².